The van der Waals surface area contributed by atoms with Gasteiger partial charge in [-0.3, -0.25) is 0 Å². The van der Waals surface area contributed by atoms with Crippen LogP contribution in [0, 0.1) is 0 Å². The first-order valence-corrected chi connectivity index (χ1v) is 8.50. The molecule has 26 heavy (non-hydrogen) atoms. The maximum atomic E-state index is 12.5. The Morgan fingerprint density at radius 3 is 2.27 bits per heavy atom. The topological polar surface area (TPSA) is 90.9 Å². The van der Waals surface area contributed by atoms with E-state index in [-0.39, 0.29) is 5.57 Å². The van der Waals surface area contributed by atoms with E-state index in [4.69, 9.17) is 9.47 Å². The first-order valence-electron chi connectivity index (χ1n) is 7.62. The molecule has 2 rings (SSSR count). The van der Waals surface area contributed by atoms with Crippen molar-refractivity contribution in [2.75, 3.05) is 21.3 Å². The molecule has 2 heterocycles. The van der Waals surface area contributed by atoms with Gasteiger partial charge in [0.25, 0.3) is 0 Å². The van der Waals surface area contributed by atoms with Gasteiger partial charge in [-0.15, -0.1) is 11.3 Å². The van der Waals surface area contributed by atoms with E-state index in [1.165, 1.54) is 44.8 Å². The molecule has 0 saturated heterocycles. The fourth-order valence-electron chi connectivity index (χ4n) is 2.66. The van der Waals surface area contributed by atoms with Gasteiger partial charge in [-0.25, -0.2) is 14.4 Å². The van der Waals surface area contributed by atoms with Crippen LogP contribution in [0.4, 0.5) is 0 Å². The van der Waals surface area contributed by atoms with Crippen molar-refractivity contribution in [2.45, 2.75) is 12.8 Å². The van der Waals surface area contributed by atoms with Crippen molar-refractivity contribution in [1.82, 2.24) is 5.32 Å². The number of carbonyl (C=O) groups is 3. The minimum absolute atomic E-state index is 0.209. The van der Waals surface area contributed by atoms with E-state index >= 15 is 0 Å². The van der Waals surface area contributed by atoms with Crippen molar-refractivity contribution in [3.05, 3.63) is 57.1 Å². The van der Waals surface area contributed by atoms with Crippen molar-refractivity contribution >= 4 is 29.2 Å². The molecule has 1 atom stereocenters. The van der Waals surface area contributed by atoms with E-state index in [1.54, 1.807) is 6.92 Å². The third-order valence-corrected chi connectivity index (χ3v) is 4.76. The molecule has 0 aliphatic carbocycles. The molecule has 1 aromatic rings. The molecule has 0 saturated carbocycles. The molecule has 1 aliphatic rings. The molecule has 1 aliphatic heterocycles. The molecular weight excluding hydrogens is 358 g/mol. The number of thiophene rings is 1. The van der Waals surface area contributed by atoms with E-state index in [1.807, 2.05) is 17.5 Å². The smallest absolute Gasteiger partial charge is 0.336 e. The summed E-state index contributed by atoms with van der Waals surface area (Å²) in [5.41, 5.74) is 1.39. The van der Waals surface area contributed by atoms with Crippen LogP contribution in [0.2, 0.25) is 0 Å². The second kappa shape index (κ2) is 8.48. The number of methoxy groups -OCH3 is 3. The highest BCUT2D eigenvalue weighted by atomic mass is 32.1. The van der Waals surface area contributed by atoms with Gasteiger partial charge in [-0.05, 0) is 24.4 Å². The number of dihydropyridines is 1. The lowest BCUT2D eigenvalue weighted by Gasteiger charge is -2.29. The molecule has 0 aromatic carbocycles. The fourth-order valence-corrected chi connectivity index (χ4v) is 3.51. The van der Waals surface area contributed by atoms with Gasteiger partial charge >= 0.3 is 17.9 Å². The normalized spacial score (nSPS) is 17.2. The predicted molar refractivity (Wildman–Crippen MR) is 95.1 cm³/mol. The Morgan fingerprint density at radius 2 is 1.73 bits per heavy atom. The molecule has 138 valence electrons. The molecule has 0 radical (unpaired) electrons. The van der Waals surface area contributed by atoms with Gasteiger partial charge in [0, 0.05) is 22.3 Å². The van der Waals surface area contributed by atoms with E-state index in [0.29, 0.717) is 17.0 Å². The number of hydrogen-bond donors (Lipinski definition) is 1. The fraction of sp³-hybridized carbons (Fsp3) is 0.278. The van der Waals surface area contributed by atoms with Gasteiger partial charge in [-0.2, -0.15) is 0 Å². The summed E-state index contributed by atoms with van der Waals surface area (Å²) in [6.07, 6.45) is 2.61. The summed E-state index contributed by atoms with van der Waals surface area (Å²) in [6.45, 7) is 1.70. The summed E-state index contributed by atoms with van der Waals surface area (Å²) in [5, 5.41) is 4.83. The number of ether oxygens (including phenoxy) is 3. The van der Waals surface area contributed by atoms with E-state index < -0.39 is 23.8 Å². The Balaban J connectivity index is 2.68. The molecule has 7 nitrogen and oxygen atoms in total. The number of esters is 3. The van der Waals surface area contributed by atoms with Crippen LogP contribution >= 0.6 is 11.3 Å². The minimum atomic E-state index is -0.673. The lowest BCUT2D eigenvalue weighted by molar-refractivity contribution is -0.137. The van der Waals surface area contributed by atoms with Crippen molar-refractivity contribution in [3.8, 4) is 0 Å². The van der Waals surface area contributed by atoms with Crippen LogP contribution in [-0.4, -0.2) is 39.2 Å². The Hall–Kier alpha value is -2.87. The first kappa shape index (κ1) is 19.5. The van der Waals surface area contributed by atoms with Gasteiger partial charge < -0.3 is 19.5 Å². The molecule has 0 fully saturated rings. The zero-order valence-corrected chi connectivity index (χ0v) is 15.6. The molecule has 0 bridgehead atoms. The lowest BCUT2D eigenvalue weighted by Crippen LogP contribution is -2.32. The monoisotopic (exact) mass is 377 g/mol. The molecule has 1 N–H and O–H groups in total. The summed E-state index contributed by atoms with van der Waals surface area (Å²) in [7, 11) is 3.79. The predicted octanol–water partition coefficient (Wildman–Crippen LogP) is 2.04. The van der Waals surface area contributed by atoms with E-state index in [2.05, 4.69) is 10.1 Å². The quantitative estimate of drug-likeness (QED) is 0.477. The lowest BCUT2D eigenvalue weighted by atomic mass is 9.84. The largest absolute Gasteiger partial charge is 0.466 e. The Kier molecular flexibility index (Phi) is 6.35. The first-order chi connectivity index (χ1) is 12.4. The molecule has 0 unspecified atom stereocenters. The summed E-state index contributed by atoms with van der Waals surface area (Å²) in [6, 6.07) is 3.65. The van der Waals surface area contributed by atoms with Crippen LogP contribution in [0.1, 0.15) is 17.7 Å². The highest BCUT2D eigenvalue weighted by Gasteiger charge is 2.38. The number of allylic oxidation sites excluding steroid dienone is 2. The maximum absolute atomic E-state index is 12.5. The van der Waals surface area contributed by atoms with Crippen LogP contribution in [0.15, 0.2) is 52.2 Å². The van der Waals surface area contributed by atoms with Crippen molar-refractivity contribution in [1.29, 1.82) is 0 Å². The Morgan fingerprint density at radius 1 is 1.08 bits per heavy atom. The standard InChI is InChI=1S/C18H19NO6S/c1-10-14(17(21)24-3)16(12-6-5-9-26-12)15(18(22)25-4)11(19-10)7-8-13(20)23-2/h5-9,16,19H,1-4H3/b8-7-/t16-/m0/s1. The molecule has 0 amide bonds. The maximum Gasteiger partial charge on any atom is 0.336 e. The minimum Gasteiger partial charge on any atom is -0.466 e. The number of carbonyl (C=O) groups excluding carboxylic acids is 3. The Bertz CT molecular complexity index is 804. The van der Waals surface area contributed by atoms with Gasteiger partial charge in [0.05, 0.1) is 38.4 Å². The third-order valence-electron chi connectivity index (χ3n) is 3.82. The highest BCUT2D eigenvalue weighted by molar-refractivity contribution is 7.10. The van der Waals surface area contributed by atoms with Crippen LogP contribution in [-0.2, 0) is 28.6 Å². The second-order valence-corrected chi connectivity index (χ2v) is 6.26. The second-order valence-electron chi connectivity index (χ2n) is 5.28. The van der Waals surface area contributed by atoms with E-state index in [0.717, 1.165) is 4.88 Å². The molecule has 1 aromatic heterocycles. The zero-order valence-electron chi connectivity index (χ0n) is 14.8. The number of nitrogens with one attached hydrogen (secondary N) is 1. The molecular formula is C18H19NO6S. The van der Waals surface area contributed by atoms with Gasteiger partial charge in [0.15, 0.2) is 0 Å². The van der Waals surface area contributed by atoms with Crippen LogP contribution < -0.4 is 5.32 Å². The summed E-state index contributed by atoms with van der Waals surface area (Å²) in [5.74, 6) is -2.41. The average Bonchev–Trinajstić information content (AvgIpc) is 3.18. The third kappa shape index (κ3) is 3.85. The number of hydrogen-bond acceptors (Lipinski definition) is 8. The summed E-state index contributed by atoms with van der Waals surface area (Å²) < 4.78 is 14.4. The zero-order chi connectivity index (χ0) is 19.3. The molecule has 8 heteroatoms. The summed E-state index contributed by atoms with van der Waals surface area (Å²) in [4.78, 5) is 37.1. The van der Waals surface area contributed by atoms with Gasteiger partial charge in [0.2, 0.25) is 0 Å². The van der Waals surface area contributed by atoms with Crippen molar-refractivity contribution in [3.63, 3.8) is 0 Å². The van der Waals surface area contributed by atoms with Crippen LogP contribution in [0.25, 0.3) is 0 Å². The SMILES string of the molecule is COC(=O)/C=C\C1=C(C(=O)OC)[C@@H](c2cccs2)C(C(=O)OC)=C(C)N1. The molecule has 0 spiro atoms. The van der Waals surface area contributed by atoms with E-state index in [9.17, 15) is 14.4 Å². The van der Waals surface area contributed by atoms with Crippen LogP contribution in [0.3, 0.4) is 0 Å². The van der Waals surface area contributed by atoms with Crippen molar-refractivity contribution in [2.24, 2.45) is 0 Å². The summed E-state index contributed by atoms with van der Waals surface area (Å²) >= 11 is 1.40. The Labute approximate surface area is 154 Å². The van der Waals surface area contributed by atoms with Crippen molar-refractivity contribution < 1.29 is 28.6 Å². The van der Waals surface area contributed by atoms with Crippen LogP contribution in [0.5, 0.6) is 0 Å². The number of rotatable bonds is 5. The van der Waals surface area contributed by atoms with Gasteiger partial charge in [0.1, 0.15) is 0 Å². The average molecular weight is 377 g/mol. The van der Waals surface area contributed by atoms with Gasteiger partial charge in [-0.1, -0.05) is 6.07 Å². The highest BCUT2D eigenvalue weighted by Crippen LogP contribution is 2.41.